The van der Waals surface area contributed by atoms with Crippen LogP contribution in [0.25, 0.3) is 6.08 Å². The van der Waals surface area contributed by atoms with Gasteiger partial charge in [0.05, 0.1) is 4.92 Å². The Bertz CT molecular complexity index is 1080. The molecule has 0 bridgehead atoms. The number of non-ortho nitro benzene ring substituents is 1. The van der Waals surface area contributed by atoms with Crippen molar-refractivity contribution in [2.75, 3.05) is 0 Å². The zero-order valence-corrected chi connectivity index (χ0v) is 16.4. The lowest BCUT2D eigenvalue weighted by Crippen LogP contribution is -2.40. The van der Waals surface area contributed by atoms with E-state index in [1.807, 2.05) is 30.3 Å². The summed E-state index contributed by atoms with van der Waals surface area (Å²) in [6.45, 7) is 0.465. The number of nitro benzene ring substituents is 1. The molecule has 0 saturated heterocycles. The summed E-state index contributed by atoms with van der Waals surface area (Å²) in [5.74, 6) is -0.406. The number of amides is 2. The maximum absolute atomic E-state index is 12.0. The van der Waals surface area contributed by atoms with Crippen LogP contribution in [-0.2, 0) is 11.4 Å². The fraction of sp³-hybridized carbons (Fsp3) is 0.0435. The molecule has 8 nitrogen and oxygen atoms in total. The molecule has 0 saturated carbocycles. The Kier molecular flexibility index (Phi) is 7.10. The Morgan fingerprint density at radius 2 is 1.58 bits per heavy atom. The minimum Gasteiger partial charge on any atom is -0.489 e. The van der Waals surface area contributed by atoms with Gasteiger partial charge in [-0.3, -0.25) is 30.6 Å². The first-order valence-corrected chi connectivity index (χ1v) is 9.31. The van der Waals surface area contributed by atoms with Crippen LogP contribution >= 0.6 is 0 Å². The van der Waals surface area contributed by atoms with Crippen molar-refractivity contribution in [2.24, 2.45) is 0 Å². The molecule has 0 radical (unpaired) electrons. The number of nitrogens with one attached hydrogen (secondary N) is 2. The number of rotatable bonds is 7. The molecule has 156 valence electrons. The zero-order valence-electron chi connectivity index (χ0n) is 16.4. The summed E-state index contributed by atoms with van der Waals surface area (Å²) in [4.78, 5) is 33.9. The van der Waals surface area contributed by atoms with Crippen LogP contribution in [0.1, 0.15) is 21.5 Å². The predicted molar refractivity (Wildman–Crippen MR) is 115 cm³/mol. The number of carbonyl (C=O) groups is 2. The van der Waals surface area contributed by atoms with Crippen LogP contribution in [0.15, 0.2) is 84.9 Å². The lowest BCUT2D eigenvalue weighted by Gasteiger charge is -2.06. The van der Waals surface area contributed by atoms with E-state index in [9.17, 15) is 19.7 Å². The van der Waals surface area contributed by atoms with Gasteiger partial charge in [0.2, 0.25) is 0 Å². The van der Waals surface area contributed by atoms with Crippen LogP contribution in [0, 0.1) is 10.1 Å². The highest BCUT2D eigenvalue weighted by atomic mass is 16.6. The molecule has 0 atom stereocenters. The summed E-state index contributed by atoms with van der Waals surface area (Å²) in [5.41, 5.74) is 6.41. The number of benzene rings is 3. The Morgan fingerprint density at radius 3 is 2.23 bits per heavy atom. The van der Waals surface area contributed by atoms with Gasteiger partial charge < -0.3 is 4.74 Å². The minimum absolute atomic E-state index is 0.125. The van der Waals surface area contributed by atoms with Gasteiger partial charge >= 0.3 is 0 Å². The van der Waals surface area contributed by atoms with E-state index in [2.05, 4.69) is 10.9 Å². The molecular weight excluding hydrogens is 398 g/mol. The third-order valence-electron chi connectivity index (χ3n) is 4.20. The number of hydrogen-bond acceptors (Lipinski definition) is 5. The Morgan fingerprint density at radius 1 is 0.903 bits per heavy atom. The van der Waals surface area contributed by atoms with E-state index in [0.29, 0.717) is 12.4 Å². The van der Waals surface area contributed by atoms with E-state index in [4.69, 9.17) is 4.74 Å². The molecule has 3 rings (SSSR count). The highest BCUT2D eigenvalue weighted by molar-refractivity contribution is 5.98. The maximum atomic E-state index is 12.0. The smallest absolute Gasteiger partial charge is 0.269 e. The molecule has 2 N–H and O–H groups in total. The second-order valence-corrected chi connectivity index (χ2v) is 6.42. The SMILES string of the molecule is O=C(/C=C/c1ccc(OCc2ccccc2)cc1)NNC(=O)c1ccc([N+](=O)[O-])cc1. The molecule has 0 aromatic heterocycles. The number of hydrogen-bond donors (Lipinski definition) is 2. The van der Waals surface area contributed by atoms with Gasteiger partial charge in [0.1, 0.15) is 12.4 Å². The minimum atomic E-state index is -0.587. The van der Waals surface area contributed by atoms with Gasteiger partial charge in [-0.05, 0) is 41.5 Å². The third-order valence-corrected chi connectivity index (χ3v) is 4.20. The Hall–Kier alpha value is -4.46. The van der Waals surface area contributed by atoms with Crippen LogP contribution in [0.5, 0.6) is 5.75 Å². The summed E-state index contributed by atoms with van der Waals surface area (Å²) < 4.78 is 5.71. The largest absolute Gasteiger partial charge is 0.489 e. The number of hydrazine groups is 1. The van der Waals surface area contributed by atoms with Crippen LogP contribution in [0.3, 0.4) is 0 Å². The molecule has 3 aromatic carbocycles. The van der Waals surface area contributed by atoms with Crippen molar-refractivity contribution in [2.45, 2.75) is 6.61 Å². The fourth-order valence-electron chi connectivity index (χ4n) is 2.55. The first-order valence-electron chi connectivity index (χ1n) is 9.31. The zero-order chi connectivity index (χ0) is 22.1. The predicted octanol–water partition coefficient (Wildman–Crippen LogP) is 3.65. The molecule has 0 aliphatic carbocycles. The van der Waals surface area contributed by atoms with Crippen LogP contribution in [0.2, 0.25) is 0 Å². The van der Waals surface area contributed by atoms with Gasteiger partial charge in [0, 0.05) is 23.8 Å². The van der Waals surface area contributed by atoms with E-state index in [-0.39, 0.29) is 11.3 Å². The van der Waals surface area contributed by atoms with Crippen LogP contribution in [0.4, 0.5) is 5.69 Å². The summed E-state index contributed by atoms with van der Waals surface area (Å²) >= 11 is 0. The molecule has 0 spiro atoms. The van der Waals surface area contributed by atoms with Gasteiger partial charge in [0.15, 0.2) is 0 Å². The first-order chi connectivity index (χ1) is 15.0. The molecule has 3 aromatic rings. The normalized spacial score (nSPS) is 10.5. The van der Waals surface area contributed by atoms with Crippen molar-refractivity contribution in [3.63, 3.8) is 0 Å². The summed E-state index contributed by atoms with van der Waals surface area (Å²) in [6.07, 6.45) is 2.87. The molecule has 0 unspecified atom stereocenters. The van der Waals surface area contributed by atoms with Gasteiger partial charge in [0.25, 0.3) is 17.5 Å². The van der Waals surface area contributed by atoms with E-state index >= 15 is 0 Å². The van der Waals surface area contributed by atoms with Crippen molar-refractivity contribution < 1.29 is 19.2 Å². The molecule has 0 heterocycles. The summed E-state index contributed by atoms with van der Waals surface area (Å²) in [7, 11) is 0. The van der Waals surface area contributed by atoms with Crippen molar-refractivity contribution in [1.29, 1.82) is 0 Å². The Labute approximate surface area is 178 Å². The standard InChI is InChI=1S/C23H19N3O5/c27-22(24-25-23(28)19-9-11-20(12-10-19)26(29)30)15-8-17-6-13-21(14-7-17)31-16-18-4-2-1-3-5-18/h1-15H,16H2,(H,24,27)(H,25,28)/b15-8+. The van der Waals surface area contributed by atoms with E-state index in [1.165, 1.54) is 30.3 Å². The second kappa shape index (κ2) is 10.4. The molecule has 0 aliphatic heterocycles. The fourth-order valence-corrected chi connectivity index (χ4v) is 2.55. The Balaban J connectivity index is 1.45. The van der Waals surface area contributed by atoms with Gasteiger partial charge in [-0.15, -0.1) is 0 Å². The second-order valence-electron chi connectivity index (χ2n) is 6.42. The molecule has 0 fully saturated rings. The summed E-state index contributed by atoms with van der Waals surface area (Å²) in [6, 6.07) is 22.1. The highest BCUT2D eigenvalue weighted by Gasteiger charge is 2.09. The highest BCUT2D eigenvalue weighted by Crippen LogP contribution is 2.15. The number of nitro groups is 1. The van der Waals surface area contributed by atoms with E-state index < -0.39 is 16.7 Å². The number of nitrogens with zero attached hydrogens (tertiary/aromatic N) is 1. The van der Waals surface area contributed by atoms with Crippen molar-refractivity contribution in [3.05, 3.63) is 112 Å². The molecular formula is C23H19N3O5. The lowest BCUT2D eigenvalue weighted by molar-refractivity contribution is -0.384. The molecule has 2 amide bonds. The number of carbonyl (C=O) groups excluding carboxylic acids is 2. The van der Waals surface area contributed by atoms with Gasteiger partial charge in [-0.1, -0.05) is 42.5 Å². The van der Waals surface area contributed by atoms with E-state index in [1.54, 1.807) is 30.3 Å². The van der Waals surface area contributed by atoms with Gasteiger partial charge in [-0.2, -0.15) is 0 Å². The summed E-state index contributed by atoms with van der Waals surface area (Å²) in [5, 5.41) is 10.6. The monoisotopic (exact) mass is 417 g/mol. The van der Waals surface area contributed by atoms with Crippen molar-refractivity contribution in [1.82, 2.24) is 10.9 Å². The quantitative estimate of drug-likeness (QED) is 0.346. The average molecular weight is 417 g/mol. The third kappa shape index (κ3) is 6.53. The van der Waals surface area contributed by atoms with Crippen molar-refractivity contribution >= 4 is 23.6 Å². The molecule has 31 heavy (non-hydrogen) atoms. The topological polar surface area (TPSA) is 111 Å². The van der Waals surface area contributed by atoms with Crippen LogP contribution < -0.4 is 15.6 Å². The lowest BCUT2D eigenvalue weighted by atomic mass is 10.2. The molecule has 8 heteroatoms. The van der Waals surface area contributed by atoms with E-state index in [0.717, 1.165) is 11.1 Å². The first kappa shape index (κ1) is 21.3. The average Bonchev–Trinajstić information content (AvgIpc) is 2.81. The maximum Gasteiger partial charge on any atom is 0.269 e. The van der Waals surface area contributed by atoms with Crippen LogP contribution in [-0.4, -0.2) is 16.7 Å². The van der Waals surface area contributed by atoms with Gasteiger partial charge in [-0.25, -0.2) is 0 Å². The number of ether oxygens (including phenoxy) is 1. The molecule has 0 aliphatic rings. The van der Waals surface area contributed by atoms with Crippen molar-refractivity contribution in [3.8, 4) is 5.75 Å².